The second kappa shape index (κ2) is 12.9. The molecule has 1 saturated heterocycles. The van der Waals surface area contributed by atoms with Crippen molar-refractivity contribution in [1.29, 1.82) is 5.26 Å². The van der Waals surface area contributed by atoms with Crippen LogP contribution in [0.2, 0.25) is 0 Å². The second-order valence-electron chi connectivity index (χ2n) is 13.8. The summed E-state index contributed by atoms with van der Waals surface area (Å²) in [6, 6.07) is 14.8. The fraction of sp³-hybridized carbons (Fsp3) is 0.447. The summed E-state index contributed by atoms with van der Waals surface area (Å²) in [7, 11) is 0. The number of hydrogen-bond acceptors (Lipinski definition) is 6. The highest BCUT2D eigenvalue weighted by atomic mass is 19.1. The zero-order valence-electron chi connectivity index (χ0n) is 27.4. The molecule has 45 heavy (non-hydrogen) atoms. The van der Waals surface area contributed by atoms with E-state index >= 15 is 0 Å². The Hall–Kier alpha value is -3.86. The molecule has 2 aliphatic rings. The van der Waals surface area contributed by atoms with Gasteiger partial charge in [-0.25, -0.2) is 4.39 Å². The van der Waals surface area contributed by atoms with Crippen molar-refractivity contribution < 1.29 is 23.4 Å². The molecular weight excluding hydrogens is 567 g/mol. The predicted octanol–water partition coefficient (Wildman–Crippen LogP) is 8.69. The minimum atomic E-state index is -0.894. The highest BCUT2D eigenvalue weighted by molar-refractivity contribution is 5.86. The molecule has 1 aromatic heterocycles. The molecule has 0 N–H and O–H groups in total. The van der Waals surface area contributed by atoms with Crippen LogP contribution in [0.3, 0.4) is 0 Å². The van der Waals surface area contributed by atoms with Crippen LogP contribution in [0.1, 0.15) is 102 Å². The zero-order chi connectivity index (χ0) is 32.5. The number of hydrogen-bond donors (Lipinski definition) is 0. The molecule has 0 unspecified atom stereocenters. The van der Waals surface area contributed by atoms with Gasteiger partial charge >= 0.3 is 5.97 Å². The van der Waals surface area contributed by atoms with Crippen LogP contribution in [-0.4, -0.2) is 34.5 Å². The molecule has 1 aliphatic carbocycles. The molecule has 6 nitrogen and oxygen atoms in total. The molecule has 0 saturated carbocycles. The number of carbonyl (C=O) groups excluding carboxylic acids is 1. The number of rotatable bonds is 6. The van der Waals surface area contributed by atoms with E-state index in [1.54, 1.807) is 0 Å². The van der Waals surface area contributed by atoms with Crippen LogP contribution < -0.4 is 0 Å². The molecule has 0 radical (unpaired) electrons. The van der Waals surface area contributed by atoms with E-state index in [-0.39, 0.29) is 36.3 Å². The summed E-state index contributed by atoms with van der Waals surface area (Å²) >= 11 is 0. The van der Waals surface area contributed by atoms with E-state index in [9.17, 15) is 14.4 Å². The SMILES string of the molecule is CC(C)c1nc2c(c(-c3ccc(F)cc3)c1/C=C/[C@@H]1C[C@H](CC(=O)OC(C)(C)C)OC(C)(C)O1)CCCc1ccc(C#N)cc1-2. The van der Waals surface area contributed by atoms with Crippen molar-refractivity contribution in [3.8, 4) is 28.5 Å². The standard InChI is InChI=1S/C38H43FN2O4/c1-23(2)35-31(18-17-28-20-29(44-38(6,7)43-28)21-33(42)45-37(3,4)5)34(26-13-15-27(39)16-14-26)30-10-8-9-25-12-11-24(22-40)19-32(25)36(30)41-35/h11-19,23,28-29H,8-10,20-21H2,1-7H3/b18-17+/t28-,29-/m1/s1. The number of esters is 1. The van der Waals surface area contributed by atoms with Crippen LogP contribution in [0.5, 0.6) is 0 Å². The number of nitriles is 1. The Balaban J connectivity index is 1.62. The number of aromatic nitrogens is 1. The summed E-state index contributed by atoms with van der Waals surface area (Å²) in [6.07, 6.45) is 6.66. The van der Waals surface area contributed by atoms with Gasteiger partial charge in [-0.2, -0.15) is 5.26 Å². The van der Waals surface area contributed by atoms with Crippen molar-refractivity contribution in [2.75, 3.05) is 0 Å². The molecule has 2 atom stereocenters. The monoisotopic (exact) mass is 610 g/mol. The van der Waals surface area contributed by atoms with Gasteiger partial charge in [0.25, 0.3) is 0 Å². The fourth-order valence-corrected chi connectivity index (χ4v) is 6.38. The number of fused-ring (bicyclic) bond motifs is 3. The molecule has 0 amide bonds. The van der Waals surface area contributed by atoms with Gasteiger partial charge in [-0.1, -0.05) is 44.2 Å². The first-order chi connectivity index (χ1) is 21.2. The van der Waals surface area contributed by atoms with E-state index in [1.165, 1.54) is 17.7 Å². The molecule has 5 rings (SSSR count). The maximum atomic E-state index is 14.2. The Morgan fingerprint density at radius 2 is 1.89 bits per heavy atom. The van der Waals surface area contributed by atoms with E-state index in [4.69, 9.17) is 19.2 Å². The molecule has 3 aromatic rings. The molecule has 2 aromatic carbocycles. The van der Waals surface area contributed by atoms with E-state index in [1.807, 2.05) is 71.0 Å². The van der Waals surface area contributed by atoms with E-state index in [2.05, 4.69) is 26.0 Å². The smallest absolute Gasteiger partial charge is 0.308 e. The number of halogens is 1. The second-order valence-corrected chi connectivity index (χ2v) is 13.8. The van der Waals surface area contributed by atoms with Crippen LogP contribution in [0.15, 0.2) is 48.5 Å². The number of ether oxygens (including phenoxy) is 3. The van der Waals surface area contributed by atoms with Gasteiger partial charge in [0.2, 0.25) is 0 Å². The molecule has 1 aliphatic heterocycles. The first kappa shape index (κ1) is 32.5. The van der Waals surface area contributed by atoms with Crippen molar-refractivity contribution in [2.24, 2.45) is 0 Å². The quantitative estimate of drug-likeness (QED) is 0.260. The van der Waals surface area contributed by atoms with Gasteiger partial charge in [-0.3, -0.25) is 9.78 Å². The summed E-state index contributed by atoms with van der Waals surface area (Å²) < 4.78 is 32.2. The van der Waals surface area contributed by atoms with Crippen molar-refractivity contribution >= 4 is 12.0 Å². The number of pyridine rings is 1. The molecule has 236 valence electrons. The Kier molecular flexibility index (Phi) is 9.30. The van der Waals surface area contributed by atoms with E-state index in [0.29, 0.717) is 12.0 Å². The summed E-state index contributed by atoms with van der Waals surface area (Å²) in [5, 5.41) is 9.69. The Labute approximate surface area is 266 Å². The summed E-state index contributed by atoms with van der Waals surface area (Å²) in [5.41, 5.74) is 7.98. The zero-order valence-corrected chi connectivity index (χ0v) is 27.4. The number of aryl methyl sites for hydroxylation is 1. The largest absolute Gasteiger partial charge is 0.460 e. The first-order valence-electron chi connectivity index (χ1n) is 15.8. The normalized spacial score (nSPS) is 19.5. The van der Waals surface area contributed by atoms with Crippen LogP contribution in [0.4, 0.5) is 4.39 Å². The molecular formula is C38H43FN2O4. The Morgan fingerprint density at radius 1 is 1.16 bits per heavy atom. The van der Waals surface area contributed by atoms with Crippen molar-refractivity contribution in [1.82, 2.24) is 4.98 Å². The molecule has 7 heteroatoms. The number of benzene rings is 2. The average Bonchev–Trinajstić information content (AvgIpc) is 3.12. The highest BCUT2D eigenvalue weighted by Gasteiger charge is 2.36. The van der Waals surface area contributed by atoms with Gasteiger partial charge in [0.15, 0.2) is 5.79 Å². The summed E-state index contributed by atoms with van der Waals surface area (Å²) in [4.78, 5) is 18.0. The lowest BCUT2D eigenvalue weighted by Gasteiger charge is -2.40. The van der Waals surface area contributed by atoms with Crippen LogP contribution in [0.25, 0.3) is 28.5 Å². The van der Waals surface area contributed by atoms with Crippen molar-refractivity contribution in [3.63, 3.8) is 0 Å². The average molecular weight is 611 g/mol. The molecule has 0 spiro atoms. The van der Waals surface area contributed by atoms with Crippen LogP contribution in [0, 0.1) is 17.1 Å². The maximum Gasteiger partial charge on any atom is 0.308 e. The van der Waals surface area contributed by atoms with Gasteiger partial charge in [-0.05, 0) is 106 Å². The molecule has 2 heterocycles. The first-order valence-corrected chi connectivity index (χ1v) is 15.8. The van der Waals surface area contributed by atoms with Gasteiger partial charge in [0.05, 0.1) is 41.6 Å². The van der Waals surface area contributed by atoms with Crippen molar-refractivity contribution in [3.05, 3.63) is 82.3 Å². The van der Waals surface area contributed by atoms with Crippen molar-refractivity contribution in [2.45, 2.75) is 110 Å². The number of carbonyl (C=O) groups is 1. The van der Waals surface area contributed by atoms with E-state index < -0.39 is 11.4 Å². The minimum Gasteiger partial charge on any atom is -0.460 e. The third-order valence-electron chi connectivity index (χ3n) is 8.08. The number of nitrogens with zero attached hydrogens (tertiary/aromatic N) is 2. The van der Waals surface area contributed by atoms with Gasteiger partial charge in [-0.15, -0.1) is 0 Å². The lowest BCUT2D eigenvalue weighted by molar-refractivity contribution is -0.290. The maximum absolute atomic E-state index is 14.2. The fourth-order valence-electron chi connectivity index (χ4n) is 6.38. The van der Waals surface area contributed by atoms with Gasteiger partial charge in [0, 0.05) is 17.5 Å². The minimum absolute atomic E-state index is 0.0759. The molecule has 1 fully saturated rings. The summed E-state index contributed by atoms with van der Waals surface area (Å²) in [5.74, 6) is -1.41. The Bertz CT molecular complexity index is 1640. The highest BCUT2D eigenvalue weighted by Crippen LogP contribution is 2.42. The van der Waals surface area contributed by atoms with E-state index in [0.717, 1.165) is 58.5 Å². The van der Waals surface area contributed by atoms with Gasteiger partial charge < -0.3 is 14.2 Å². The predicted molar refractivity (Wildman–Crippen MR) is 174 cm³/mol. The lowest BCUT2D eigenvalue weighted by atomic mass is 9.86. The van der Waals surface area contributed by atoms with Crippen LogP contribution in [-0.2, 0) is 31.8 Å². The third kappa shape index (κ3) is 7.69. The Morgan fingerprint density at radius 3 is 2.56 bits per heavy atom. The molecule has 0 bridgehead atoms. The topological polar surface area (TPSA) is 81.4 Å². The van der Waals surface area contributed by atoms with Crippen LogP contribution >= 0.6 is 0 Å². The lowest BCUT2D eigenvalue weighted by Crippen LogP contribution is -2.45. The van der Waals surface area contributed by atoms with Gasteiger partial charge in [0.1, 0.15) is 11.4 Å². The third-order valence-corrected chi connectivity index (χ3v) is 8.08. The summed E-state index contributed by atoms with van der Waals surface area (Å²) in [6.45, 7) is 13.5.